The molecule has 0 bridgehead atoms. The fraction of sp³-hybridized carbons (Fsp3) is 0.750. The second-order valence-electron chi connectivity index (χ2n) is 11.0. The Morgan fingerprint density at radius 1 is 0.882 bits per heavy atom. The van der Waals surface area contributed by atoms with Crippen molar-refractivity contribution in [3.63, 3.8) is 0 Å². The van der Waals surface area contributed by atoms with Crippen molar-refractivity contribution in [1.29, 1.82) is 0 Å². The highest BCUT2D eigenvalue weighted by Gasteiger charge is 2.36. The molecule has 2 fully saturated rings. The molecule has 0 N–H and O–H groups in total. The number of hydrogen-bond donors (Lipinski definition) is 0. The minimum absolute atomic E-state index is 0.191. The first-order chi connectivity index (χ1) is 16.7. The second kappa shape index (κ2) is 14.6. The first-order valence-corrected chi connectivity index (χ1v) is 14.6. The summed E-state index contributed by atoms with van der Waals surface area (Å²) in [5.41, 5.74) is 1.13. The van der Waals surface area contributed by atoms with Crippen LogP contribution in [-0.2, 0) is 0 Å². The van der Waals surface area contributed by atoms with Crippen LogP contribution >= 0.6 is 0 Å². The van der Waals surface area contributed by atoms with Gasteiger partial charge < -0.3 is 0 Å². The molecule has 0 saturated heterocycles. The van der Waals surface area contributed by atoms with Crippen LogP contribution in [0.3, 0.4) is 0 Å². The smallest absolute Gasteiger partial charge is 0.204 e. The van der Waals surface area contributed by atoms with Crippen LogP contribution in [0.5, 0.6) is 0 Å². The summed E-state index contributed by atoms with van der Waals surface area (Å²) in [6.07, 6.45) is 26.2. The molecule has 0 aromatic carbocycles. The molecule has 3 rings (SSSR count). The highest BCUT2D eigenvalue weighted by Crippen LogP contribution is 2.45. The van der Waals surface area contributed by atoms with Gasteiger partial charge in [-0.15, -0.1) is 0 Å². The van der Waals surface area contributed by atoms with E-state index in [1.54, 1.807) is 0 Å². The van der Waals surface area contributed by atoms with Crippen molar-refractivity contribution < 1.29 is 0 Å². The van der Waals surface area contributed by atoms with E-state index in [2.05, 4.69) is 54.4 Å². The predicted octanol–water partition coefficient (Wildman–Crippen LogP) is 8.73. The Labute approximate surface area is 210 Å². The van der Waals surface area contributed by atoms with Crippen LogP contribution in [0.25, 0.3) is 0 Å². The molecule has 1 aromatic heterocycles. The lowest BCUT2D eigenvalue weighted by Gasteiger charge is -2.39. The lowest BCUT2D eigenvalue weighted by molar-refractivity contribution is 0.152. The van der Waals surface area contributed by atoms with Gasteiger partial charge in [-0.3, -0.25) is 0 Å². The Morgan fingerprint density at radius 2 is 1.62 bits per heavy atom. The first-order valence-electron chi connectivity index (χ1n) is 14.6. The van der Waals surface area contributed by atoms with Crippen molar-refractivity contribution in [1.82, 2.24) is 9.97 Å². The molecule has 0 spiro atoms. The lowest BCUT2D eigenvalue weighted by atomic mass is 9.64. The van der Waals surface area contributed by atoms with E-state index in [9.17, 15) is 0 Å². The molecule has 186 valence electrons. The van der Waals surface area contributed by atoms with E-state index >= 15 is 0 Å². The zero-order chi connectivity index (χ0) is 24.1. The van der Waals surface area contributed by atoms with Crippen molar-refractivity contribution >= 4 is 0 Å². The van der Waals surface area contributed by atoms with E-state index in [-0.39, 0.29) is 5.41 Å². The monoisotopic (exact) mass is 460 g/mol. The molecular weight excluding hydrogens is 412 g/mol. The van der Waals surface area contributed by atoms with E-state index in [4.69, 9.17) is 0 Å². The third kappa shape index (κ3) is 8.15. The lowest BCUT2D eigenvalue weighted by Crippen LogP contribution is -2.31. The van der Waals surface area contributed by atoms with Crippen LogP contribution in [0, 0.1) is 46.9 Å². The normalized spacial score (nSPS) is 22.7. The molecule has 1 atom stereocenters. The van der Waals surface area contributed by atoms with Gasteiger partial charge >= 0.3 is 0 Å². The van der Waals surface area contributed by atoms with Gasteiger partial charge in [0.15, 0.2) is 0 Å². The van der Waals surface area contributed by atoms with Gasteiger partial charge in [0.05, 0.1) is 5.56 Å². The summed E-state index contributed by atoms with van der Waals surface area (Å²) in [5.74, 6) is 16.8. The molecule has 1 aromatic rings. The number of rotatable bonds is 9. The van der Waals surface area contributed by atoms with Gasteiger partial charge in [-0.1, -0.05) is 103 Å². The highest BCUT2D eigenvalue weighted by atomic mass is 14.8. The summed E-state index contributed by atoms with van der Waals surface area (Å²) in [5, 5.41) is 0. The molecule has 1 unspecified atom stereocenters. The average Bonchev–Trinajstić information content (AvgIpc) is 2.89. The highest BCUT2D eigenvalue weighted by molar-refractivity contribution is 5.34. The van der Waals surface area contributed by atoms with Crippen molar-refractivity contribution in [3.8, 4) is 23.7 Å². The van der Waals surface area contributed by atoms with Gasteiger partial charge in [-0.2, -0.15) is 0 Å². The van der Waals surface area contributed by atoms with E-state index < -0.39 is 0 Å². The second-order valence-corrected chi connectivity index (χ2v) is 11.0. The van der Waals surface area contributed by atoms with Crippen molar-refractivity contribution in [2.75, 3.05) is 0 Å². The van der Waals surface area contributed by atoms with Crippen LogP contribution in [-0.4, -0.2) is 9.97 Å². The molecule has 2 aliphatic rings. The van der Waals surface area contributed by atoms with Gasteiger partial charge in [-0.05, 0) is 62.7 Å². The molecule has 0 amide bonds. The summed E-state index contributed by atoms with van der Waals surface area (Å²) in [6, 6.07) is 0. The van der Waals surface area contributed by atoms with E-state index in [1.165, 1.54) is 109 Å². The topological polar surface area (TPSA) is 25.8 Å². The molecule has 34 heavy (non-hydrogen) atoms. The molecule has 2 aliphatic carbocycles. The number of hydrogen-bond acceptors (Lipinski definition) is 2. The average molecular weight is 461 g/mol. The van der Waals surface area contributed by atoms with Gasteiger partial charge in [-0.25, -0.2) is 9.97 Å². The minimum atomic E-state index is 0.191. The summed E-state index contributed by atoms with van der Waals surface area (Å²) in [7, 11) is 0. The zero-order valence-corrected chi connectivity index (χ0v) is 22.3. The van der Waals surface area contributed by atoms with Gasteiger partial charge in [0.25, 0.3) is 0 Å². The molecule has 0 radical (unpaired) electrons. The van der Waals surface area contributed by atoms with Gasteiger partial charge in [0.1, 0.15) is 0 Å². The summed E-state index contributed by atoms with van der Waals surface area (Å²) < 4.78 is 0. The number of aromatic nitrogens is 2. The minimum Gasteiger partial charge on any atom is -0.228 e. The standard InChI is InChI=1S/C32H48N2/c1-4-7-8-10-14-27-15-17-28(18-16-27)19-20-31-33-25-29(26-34-31)21-24-32(22-11-9-12-23-32)30(6-3)13-5-2/h25-28,30H,4-18,22-23H2,1-3H3/t27-,28-,30?. The third-order valence-electron chi connectivity index (χ3n) is 8.47. The van der Waals surface area contributed by atoms with Crippen molar-refractivity contribution in [3.05, 3.63) is 23.8 Å². The van der Waals surface area contributed by atoms with Crippen LogP contribution in [0.4, 0.5) is 0 Å². The van der Waals surface area contributed by atoms with Crippen molar-refractivity contribution in [2.24, 2.45) is 23.2 Å². The largest absolute Gasteiger partial charge is 0.228 e. The Morgan fingerprint density at radius 3 is 2.26 bits per heavy atom. The maximum absolute atomic E-state index is 4.54. The Hall–Kier alpha value is -1.80. The fourth-order valence-electron chi connectivity index (χ4n) is 6.31. The van der Waals surface area contributed by atoms with Gasteiger partial charge in [0, 0.05) is 23.7 Å². The fourth-order valence-corrected chi connectivity index (χ4v) is 6.31. The SMILES string of the molecule is CCCCCC[C@H]1CC[C@H](C#Cc2ncc(C#CC3(C(CC)CCC)CCCCC3)cn2)CC1. The van der Waals surface area contributed by atoms with Gasteiger partial charge in [0.2, 0.25) is 5.82 Å². The van der Waals surface area contributed by atoms with Crippen molar-refractivity contribution in [2.45, 2.75) is 130 Å². The maximum Gasteiger partial charge on any atom is 0.204 e. The summed E-state index contributed by atoms with van der Waals surface area (Å²) in [6.45, 7) is 6.94. The molecule has 0 aliphatic heterocycles. The Kier molecular flexibility index (Phi) is 11.5. The van der Waals surface area contributed by atoms with Crippen LogP contribution in [0.15, 0.2) is 12.4 Å². The van der Waals surface area contributed by atoms with Crippen LogP contribution in [0.1, 0.15) is 141 Å². The maximum atomic E-state index is 4.54. The molecule has 2 nitrogen and oxygen atoms in total. The van der Waals surface area contributed by atoms with E-state index in [1.807, 2.05) is 12.4 Å². The number of unbranched alkanes of at least 4 members (excludes halogenated alkanes) is 3. The summed E-state index contributed by atoms with van der Waals surface area (Å²) >= 11 is 0. The van der Waals surface area contributed by atoms with E-state index in [0.29, 0.717) is 17.7 Å². The molecule has 2 saturated carbocycles. The molecule has 1 heterocycles. The van der Waals surface area contributed by atoms with Crippen LogP contribution < -0.4 is 0 Å². The van der Waals surface area contributed by atoms with Crippen LogP contribution in [0.2, 0.25) is 0 Å². The first kappa shape index (κ1) is 26.8. The Balaban J connectivity index is 1.54. The zero-order valence-electron chi connectivity index (χ0n) is 22.3. The quantitative estimate of drug-likeness (QED) is 0.272. The van der Waals surface area contributed by atoms with E-state index in [0.717, 1.165) is 11.5 Å². The summed E-state index contributed by atoms with van der Waals surface area (Å²) in [4.78, 5) is 9.07. The number of nitrogens with zero attached hydrogens (tertiary/aromatic N) is 2. The third-order valence-corrected chi connectivity index (χ3v) is 8.47. The predicted molar refractivity (Wildman–Crippen MR) is 144 cm³/mol. The molecular formula is C32H48N2. The Bertz CT molecular complexity index is 818. The molecule has 2 heteroatoms.